The Morgan fingerprint density at radius 2 is 2.15 bits per heavy atom. The van der Waals surface area contributed by atoms with Crippen LogP contribution in [-0.2, 0) is 6.42 Å². The summed E-state index contributed by atoms with van der Waals surface area (Å²) in [4.78, 5) is 18.7. The van der Waals surface area contributed by atoms with Gasteiger partial charge in [-0.2, -0.15) is 0 Å². The van der Waals surface area contributed by atoms with Gasteiger partial charge in [0.15, 0.2) is 0 Å². The Morgan fingerprint density at radius 1 is 1.30 bits per heavy atom. The van der Waals surface area contributed by atoms with Crippen LogP contribution in [0.25, 0.3) is 0 Å². The standard InChI is InChI=1S/C16H17N3O/c1-17-14-8-9-18-11-13(14)16(20)19-10-4-6-12-5-2-3-7-15(12)19/h2-3,5,7-9,11H,4,6,10H2,1H3,(H,17,18). The molecule has 1 amide bonds. The molecule has 0 saturated carbocycles. The molecule has 0 fully saturated rings. The van der Waals surface area contributed by atoms with Gasteiger partial charge in [-0.1, -0.05) is 18.2 Å². The number of para-hydroxylation sites is 1. The molecule has 102 valence electrons. The van der Waals surface area contributed by atoms with Gasteiger partial charge in [-0.05, 0) is 30.5 Å². The second-order valence-corrected chi connectivity index (χ2v) is 4.86. The number of aryl methyl sites for hydroxylation is 1. The van der Waals surface area contributed by atoms with E-state index in [1.165, 1.54) is 5.56 Å². The zero-order chi connectivity index (χ0) is 13.9. The number of anilines is 2. The van der Waals surface area contributed by atoms with Crippen molar-refractivity contribution in [1.82, 2.24) is 4.98 Å². The van der Waals surface area contributed by atoms with E-state index in [4.69, 9.17) is 0 Å². The molecule has 4 nitrogen and oxygen atoms in total. The molecule has 0 aliphatic carbocycles. The van der Waals surface area contributed by atoms with Crippen molar-refractivity contribution < 1.29 is 4.79 Å². The van der Waals surface area contributed by atoms with Crippen LogP contribution in [0.5, 0.6) is 0 Å². The highest BCUT2D eigenvalue weighted by molar-refractivity contribution is 6.09. The van der Waals surface area contributed by atoms with Crippen molar-refractivity contribution in [2.75, 3.05) is 23.8 Å². The zero-order valence-electron chi connectivity index (χ0n) is 11.5. The van der Waals surface area contributed by atoms with E-state index in [1.54, 1.807) is 12.4 Å². The van der Waals surface area contributed by atoms with Crippen LogP contribution in [0.3, 0.4) is 0 Å². The van der Waals surface area contributed by atoms with E-state index in [-0.39, 0.29) is 5.91 Å². The number of carbonyl (C=O) groups is 1. The first kappa shape index (κ1) is 12.7. The normalized spacial score (nSPS) is 13.8. The topological polar surface area (TPSA) is 45.2 Å². The maximum atomic E-state index is 12.8. The number of rotatable bonds is 2. The number of hydrogen-bond donors (Lipinski definition) is 1. The van der Waals surface area contributed by atoms with Gasteiger partial charge in [0.2, 0.25) is 0 Å². The van der Waals surface area contributed by atoms with Gasteiger partial charge in [-0.3, -0.25) is 9.78 Å². The summed E-state index contributed by atoms with van der Waals surface area (Å²) in [7, 11) is 1.82. The van der Waals surface area contributed by atoms with Crippen LogP contribution in [0.1, 0.15) is 22.3 Å². The molecule has 3 rings (SSSR count). The van der Waals surface area contributed by atoms with Crippen molar-refractivity contribution in [1.29, 1.82) is 0 Å². The first-order valence-electron chi connectivity index (χ1n) is 6.83. The number of pyridine rings is 1. The third-order valence-electron chi connectivity index (χ3n) is 3.68. The minimum Gasteiger partial charge on any atom is -0.387 e. The minimum absolute atomic E-state index is 0.00889. The molecular weight excluding hydrogens is 250 g/mol. The number of nitrogens with zero attached hydrogens (tertiary/aromatic N) is 2. The van der Waals surface area contributed by atoms with E-state index in [1.807, 2.05) is 36.2 Å². The van der Waals surface area contributed by atoms with Crippen LogP contribution < -0.4 is 10.2 Å². The molecular formula is C16H17N3O. The van der Waals surface area contributed by atoms with Crippen LogP contribution in [0.4, 0.5) is 11.4 Å². The fourth-order valence-electron chi connectivity index (χ4n) is 2.67. The van der Waals surface area contributed by atoms with E-state index in [0.717, 1.165) is 30.8 Å². The molecule has 0 saturated heterocycles. The van der Waals surface area contributed by atoms with Crippen molar-refractivity contribution in [3.8, 4) is 0 Å². The van der Waals surface area contributed by atoms with Crippen LogP contribution >= 0.6 is 0 Å². The lowest BCUT2D eigenvalue weighted by molar-refractivity contribution is 0.0985. The third-order valence-corrected chi connectivity index (χ3v) is 3.68. The summed E-state index contributed by atoms with van der Waals surface area (Å²) in [5, 5.41) is 3.05. The largest absolute Gasteiger partial charge is 0.387 e. The predicted molar refractivity (Wildman–Crippen MR) is 80.2 cm³/mol. The summed E-state index contributed by atoms with van der Waals surface area (Å²) < 4.78 is 0. The summed E-state index contributed by atoms with van der Waals surface area (Å²) in [5.74, 6) is 0.00889. The lowest BCUT2D eigenvalue weighted by Crippen LogP contribution is -2.35. The highest BCUT2D eigenvalue weighted by Gasteiger charge is 2.24. The van der Waals surface area contributed by atoms with Gasteiger partial charge < -0.3 is 10.2 Å². The lowest BCUT2D eigenvalue weighted by atomic mass is 10.0. The zero-order valence-corrected chi connectivity index (χ0v) is 11.5. The van der Waals surface area contributed by atoms with Crippen LogP contribution in [0.2, 0.25) is 0 Å². The Balaban J connectivity index is 2.00. The molecule has 0 unspecified atom stereocenters. The third kappa shape index (κ3) is 2.13. The summed E-state index contributed by atoms with van der Waals surface area (Å²) in [5.41, 5.74) is 3.69. The van der Waals surface area contributed by atoms with E-state index in [0.29, 0.717) is 5.56 Å². The molecule has 0 radical (unpaired) electrons. The van der Waals surface area contributed by atoms with Crippen molar-refractivity contribution >= 4 is 17.3 Å². The molecule has 1 N–H and O–H groups in total. The quantitative estimate of drug-likeness (QED) is 0.910. The predicted octanol–water partition coefficient (Wildman–Crippen LogP) is 2.72. The van der Waals surface area contributed by atoms with Crippen LogP contribution in [0.15, 0.2) is 42.7 Å². The minimum atomic E-state index is 0.00889. The SMILES string of the molecule is CNc1ccncc1C(=O)N1CCCc2ccccc21. The maximum absolute atomic E-state index is 12.8. The first-order chi connectivity index (χ1) is 9.81. The summed E-state index contributed by atoms with van der Waals surface area (Å²) in [6.45, 7) is 0.758. The molecule has 20 heavy (non-hydrogen) atoms. The molecule has 4 heteroatoms. The average Bonchev–Trinajstić information content (AvgIpc) is 2.53. The maximum Gasteiger partial charge on any atom is 0.261 e. The summed E-state index contributed by atoms with van der Waals surface area (Å²) in [6, 6.07) is 9.93. The molecule has 2 aromatic rings. The number of fused-ring (bicyclic) bond motifs is 1. The van der Waals surface area contributed by atoms with Gasteiger partial charge in [0, 0.05) is 37.4 Å². The van der Waals surface area contributed by atoms with E-state index in [9.17, 15) is 4.79 Å². The van der Waals surface area contributed by atoms with Crippen LogP contribution in [0, 0.1) is 0 Å². The Bertz CT molecular complexity index is 639. The number of nitrogens with one attached hydrogen (secondary N) is 1. The Labute approximate surface area is 118 Å². The second kappa shape index (κ2) is 5.33. The van der Waals surface area contributed by atoms with Crippen molar-refractivity contribution in [3.05, 3.63) is 53.9 Å². The van der Waals surface area contributed by atoms with Crippen molar-refractivity contribution in [2.24, 2.45) is 0 Å². The van der Waals surface area contributed by atoms with Crippen LogP contribution in [-0.4, -0.2) is 24.5 Å². The highest BCUT2D eigenvalue weighted by atomic mass is 16.2. The molecule has 1 aliphatic heterocycles. The molecule has 0 spiro atoms. The molecule has 1 aromatic carbocycles. The smallest absolute Gasteiger partial charge is 0.261 e. The monoisotopic (exact) mass is 267 g/mol. The fourth-order valence-corrected chi connectivity index (χ4v) is 2.67. The summed E-state index contributed by atoms with van der Waals surface area (Å²) >= 11 is 0. The number of aromatic nitrogens is 1. The average molecular weight is 267 g/mol. The fraction of sp³-hybridized carbons (Fsp3) is 0.250. The Morgan fingerprint density at radius 3 is 3.00 bits per heavy atom. The number of hydrogen-bond acceptors (Lipinski definition) is 3. The number of carbonyl (C=O) groups excluding carboxylic acids is 1. The molecule has 1 aromatic heterocycles. The van der Waals surface area contributed by atoms with Gasteiger partial charge in [-0.15, -0.1) is 0 Å². The first-order valence-corrected chi connectivity index (χ1v) is 6.83. The van der Waals surface area contributed by atoms with Gasteiger partial charge in [0.1, 0.15) is 0 Å². The number of benzene rings is 1. The summed E-state index contributed by atoms with van der Waals surface area (Å²) in [6.07, 6.45) is 5.35. The van der Waals surface area contributed by atoms with E-state index in [2.05, 4.69) is 16.4 Å². The second-order valence-electron chi connectivity index (χ2n) is 4.86. The van der Waals surface area contributed by atoms with Crippen molar-refractivity contribution in [3.63, 3.8) is 0 Å². The van der Waals surface area contributed by atoms with Gasteiger partial charge in [-0.25, -0.2) is 0 Å². The van der Waals surface area contributed by atoms with E-state index >= 15 is 0 Å². The van der Waals surface area contributed by atoms with Gasteiger partial charge >= 0.3 is 0 Å². The number of amides is 1. The van der Waals surface area contributed by atoms with E-state index < -0.39 is 0 Å². The Hall–Kier alpha value is -2.36. The molecule has 0 atom stereocenters. The molecule has 1 aliphatic rings. The lowest BCUT2D eigenvalue weighted by Gasteiger charge is -2.29. The van der Waals surface area contributed by atoms with Gasteiger partial charge in [0.05, 0.1) is 5.56 Å². The molecule has 2 heterocycles. The highest BCUT2D eigenvalue weighted by Crippen LogP contribution is 2.29. The molecule has 0 bridgehead atoms. The van der Waals surface area contributed by atoms with Crippen molar-refractivity contribution in [2.45, 2.75) is 12.8 Å². The Kier molecular flexibility index (Phi) is 3.37. The van der Waals surface area contributed by atoms with Gasteiger partial charge in [0.25, 0.3) is 5.91 Å².